The fraction of sp³-hybridized carbons (Fsp3) is 0.545. The van der Waals surface area contributed by atoms with E-state index in [1.165, 1.54) is 11.3 Å². The summed E-state index contributed by atoms with van der Waals surface area (Å²) in [7, 11) is 1.90. The number of carbonyl (C=O) groups is 1. The van der Waals surface area contributed by atoms with Crippen molar-refractivity contribution in [3.63, 3.8) is 0 Å². The van der Waals surface area contributed by atoms with Gasteiger partial charge in [-0.05, 0) is 63.9 Å². The first-order chi connectivity index (χ1) is 8.09. The zero-order valence-electron chi connectivity index (χ0n) is 9.50. The van der Waals surface area contributed by atoms with Crippen LogP contribution in [0.5, 0.6) is 0 Å². The van der Waals surface area contributed by atoms with E-state index in [2.05, 4.69) is 37.2 Å². The van der Waals surface area contributed by atoms with E-state index >= 15 is 0 Å². The van der Waals surface area contributed by atoms with Crippen molar-refractivity contribution in [3.8, 4) is 0 Å². The second-order valence-corrected chi connectivity index (χ2v) is 7.35. The van der Waals surface area contributed by atoms with Gasteiger partial charge in [-0.2, -0.15) is 0 Å². The highest BCUT2D eigenvalue weighted by atomic mass is 79.9. The molecule has 0 saturated carbocycles. The molecule has 3 nitrogen and oxygen atoms in total. The third-order valence-corrected chi connectivity index (χ3v) is 6.28. The third kappa shape index (κ3) is 3.10. The molecule has 1 amide bonds. The van der Waals surface area contributed by atoms with Gasteiger partial charge < -0.3 is 10.2 Å². The molecule has 0 spiro atoms. The fourth-order valence-electron chi connectivity index (χ4n) is 1.99. The molecule has 6 heteroatoms. The van der Waals surface area contributed by atoms with Gasteiger partial charge in [0, 0.05) is 17.6 Å². The largest absolute Gasteiger partial charge is 0.338 e. The van der Waals surface area contributed by atoms with Crippen molar-refractivity contribution in [1.29, 1.82) is 0 Å². The third-order valence-electron chi connectivity index (χ3n) is 3.03. The zero-order chi connectivity index (χ0) is 12.4. The Balaban J connectivity index is 2.08. The average Bonchev–Trinajstić information content (AvgIpc) is 2.69. The summed E-state index contributed by atoms with van der Waals surface area (Å²) in [6, 6.07) is 2.25. The van der Waals surface area contributed by atoms with Crippen molar-refractivity contribution >= 4 is 49.1 Å². The second kappa shape index (κ2) is 5.82. The number of amides is 1. The van der Waals surface area contributed by atoms with Crippen LogP contribution in [0, 0.1) is 0 Å². The monoisotopic (exact) mass is 380 g/mol. The molecule has 0 radical (unpaired) electrons. The number of halogens is 2. The maximum absolute atomic E-state index is 12.3. The summed E-state index contributed by atoms with van der Waals surface area (Å²) in [5.74, 6) is 0.119. The first-order valence-corrected chi connectivity index (χ1v) is 7.92. The molecule has 0 aliphatic carbocycles. The lowest BCUT2D eigenvalue weighted by Crippen LogP contribution is -2.43. The normalized spacial score (nSPS) is 17.1. The van der Waals surface area contributed by atoms with Crippen LogP contribution in [0.2, 0.25) is 0 Å². The SMILES string of the molecule is CN(C(=O)c1cc(Br)c(Br)s1)C1CCNCC1. The molecule has 1 aromatic heterocycles. The molecule has 0 unspecified atom stereocenters. The molecule has 1 N–H and O–H groups in total. The predicted octanol–water partition coefficient (Wildman–Crippen LogP) is 3.10. The highest BCUT2D eigenvalue weighted by Crippen LogP contribution is 2.33. The molecular formula is C11H14Br2N2OS. The smallest absolute Gasteiger partial charge is 0.263 e. The van der Waals surface area contributed by atoms with Crippen LogP contribution in [-0.4, -0.2) is 37.0 Å². The first kappa shape index (κ1) is 13.5. The Morgan fingerprint density at radius 2 is 2.12 bits per heavy atom. The number of nitrogens with zero attached hydrogens (tertiary/aromatic N) is 1. The lowest BCUT2D eigenvalue weighted by molar-refractivity contribution is 0.0708. The van der Waals surface area contributed by atoms with Gasteiger partial charge in [0.25, 0.3) is 5.91 Å². The Morgan fingerprint density at radius 3 is 2.65 bits per heavy atom. The number of thiophene rings is 1. The Morgan fingerprint density at radius 1 is 1.47 bits per heavy atom. The van der Waals surface area contributed by atoms with E-state index in [4.69, 9.17) is 0 Å². The minimum Gasteiger partial charge on any atom is -0.338 e. The minimum atomic E-state index is 0.119. The van der Waals surface area contributed by atoms with Crippen molar-refractivity contribution in [1.82, 2.24) is 10.2 Å². The number of rotatable bonds is 2. The fourth-order valence-corrected chi connectivity index (χ4v) is 4.00. The summed E-state index contributed by atoms with van der Waals surface area (Å²) in [6.07, 6.45) is 2.08. The van der Waals surface area contributed by atoms with Crippen molar-refractivity contribution < 1.29 is 4.79 Å². The summed E-state index contributed by atoms with van der Waals surface area (Å²) in [4.78, 5) is 14.9. The van der Waals surface area contributed by atoms with Gasteiger partial charge in [0.05, 0.1) is 8.66 Å². The summed E-state index contributed by atoms with van der Waals surface area (Å²) in [6.45, 7) is 2.00. The van der Waals surface area contributed by atoms with E-state index < -0.39 is 0 Å². The van der Waals surface area contributed by atoms with Crippen LogP contribution in [-0.2, 0) is 0 Å². The topological polar surface area (TPSA) is 32.3 Å². The average molecular weight is 382 g/mol. The molecule has 1 aliphatic rings. The Hall–Kier alpha value is 0.0900. The number of nitrogens with one attached hydrogen (secondary N) is 1. The molecule has 2 heterocycles. The van der Waals surface area contributed by atoms with Crippen LogP contribution in [0.4, 0.5) is 0 Å². The summed E-state index contributed by atoms with van der Waals surface area (Å²) in [5.41, 5.74) is 0. The van der Waals surface area contributed by atoms with Gasteiger partial charge in [0.2, 0.25) is 0 Å². The van der Waals surface area contributed by atoms with Crippen molar-refractivity contribution in [2.75, 3.05) is 20.1 Å². The Kier molecular flexibility index (Phi) is 4.63. The van der Waals surface area contributed by atoms with Crippen molar-refractivity contribution in [2.24, 2.45) is 0 Å². The second-order valence-electron chi connectivity index (χ2n) is 4.13. The highest BCUT2D eigenvalue weighted by molar-refractivity contribution is 9.13. The van der Waals surface area contributed by atoms with E-state index in [1.807, 2.05) is 18.0 Å². The van der Waals surface area contributed by atoms with Crippen LogP contribution in [0.3, 0.4) is 0 Å². The van der Waals surface area contributed by atoms with E-state index in [1.54, 1.807) is 0 Å². The maximum atomic E-state index is 12.3. The van der Waals surface area contributed by atoms with Crippen LogP contribution >= 0.6 is 43.2 Å². The molecular weight excluding hydrogens is 368 g/mol. The standard InChI is InChI=1S/C11H14Br2N2OS/c1-15(7-2-4-14-5-3-7)11(16)9-6-8(12)10(13)17-9/h6-7,14H,2-5H2,1H3. The molecule has 1 saturated heterocycles. The number of hydrogen-bond donors (Lipinski definition) is 1. The van der Waals surface area contributed by atoms with Crippen LogP contribution in [0.1, 0.15) is 22.5 Å². The number of carbonyl (C=O) groups excluding carboxylic acids is 1. The number of hydrogen-bond acceptors (Lipinski definition) is 3. The maximum Gasteiger partial charge on any atom is 0.263 e. The molecule has 1 aromatic rings. The molecule has 94 valence electrons. The van der Waals surface area contributed by atoms with Gasteiger partial charge >= 0.3 is 0 Å². The van der Waals surface area contributed by atoms with Gasteiger partial charge in [-0.3, -0.25) is 4.79 Å². The quantitative estimate of drug-likeness (QED) is 0.853. The van der Waals surface area contributed by atoms with E-state index in [0.29, 0.717) is 6.04 Å². The van der Waals surface area contributed by atoms with Crippen LogP contribution < -0.4 is 5.32 Å². The minimum absolute atomic E-state index is 0.119. The van der Waals surface area contributed by atoms with Crippen LogP contribution in [0.25, 0.3) is 0 Å². The molecule has 17 heavy (non-hydrogen) atoms. The molecule has 2 rings (SSSR count). The molecule has 0 aromatic carbocycles. The zero-order valence-corrected chi connectivity index (χ0v) is 13.5. The van der Waals surface area contributed by atoms with Gasteiger partial charge in [0.1, 0.15) is 0 Å². The summed E-state index contributed by atoms with van der Waals surface area (Å²) in [5, 5.41) is 3.31. The lowest BCUT2D eigenvalue weighted by atomic mass is 10.1. The molecule has 1 aliphatic heterocycles. The van der Waals surface area contributed by atoms with Gasteiger partial charge in [-0.1, -0.05) is 0 Å². The molecule has 1 fully saturated rings. The lowest BCUT2D eigenvalue weighted by Gasteiger charge is -2.31. The van der Waals surface area contributed by atoms with Crippen molar-refractivity contribution in [3.05, 3.63) is 19.2 Å². The number of piperidine rings is 1. The van der Waals surface area contributed by atoms with Gasteiger partial charge in [-0.15, -0.1) is 11.3 Å². The highest BCUT2D eigenvalue weighted by Gasteiger charge is 2.24. The molecule has 0 bridgehead atoms. The van der Waals surface area contributed by atoms with E-state index in [-0.39, 0.29) is 5.91 Å². The first-order valence-electron chi connectivity index (χ1n) is 5.52. The van der Waals surface area contributed by atoms with Crippen molar-refractivity contribution in [2.45, 2.75) is 18.9 Å². The Labute approximate surface area is 122 Å². The molecule has 0 atom stereocenters. The van der Waals surface area contributed by atoms with E-state index in [9.17, 15) is 4.79 Å². The summed E-state index contributed by atoms with van der Waals surface area (Å²) >= 11 is 8.31. The van der Waals surface area contributed by atoms with Gasteiger partial charge in [-0.25, -0.2) is 0 Å². The van der Waals surface area contributed by atoms with E-state index in [0.717, 1.165) is 39.1 Å². The van der Waals surface area contributed by atoms with Crippen LogP contribution in [0.15, 0.2) is 14.3 Å². The predicted molar refractivity (Wildman–Crippen MR) is 77.7 cm³/mol. The Bertz CT molecular complexity index is 396. The van der Waals surface area contributed by atoms with Gasteiger partial charge in [0.15, 0.2) is 0 Å². The summed E-state index contributed by atoms with van der Waals surface area (Å²) < 4.78 is 1.92.